The molecule has 1 saturated heterocycles. The van der Waals surface area contributed by atoms with Gasteiger partial charge in [0.1, 0.15) is 17.3 Å². The summed E-state index contributed by atoms with van der Waals surface area (Å²) in [6.45, 7) is 0.654. The molecule has 1 aromatic heterocycles. The standard InChI is InChI=1S/C21H21F2N5O3S/c22-17-7-4-8-18(23)21(17)32(30,31)24-11-9-20(29)27-12-10-16(13-27)28-14-19(25-26-28)15-5-2-1-3-6-15/h1-8,14,16,24H,9-13H2. The van der Waals surface area contributed by atoms with Crippen LogP contribution >= 0.6 is 0 Å². The van der Waals surface area contributed by atoms with Gasteiger partial charge < -0.3 is 4.90 Å². The van der Waals surface area contributed by atoms with Crippen molar-refractivity contribution < 1.29 is 22.0 Å². The van der Waals surface area contributed by atoms with E-state index in [1.54, 1.807) is 9.58 Å². The van der Waals surface area contributed by atoms with Crippen molar-refractivity contribution in [3.8, 4) is 11.3 Å². The maximum atomic E-state index is 13.7. The molecule has 2 heterocycles. The monoisotopic (exact) mass is 461 g/mol. The fourth-order valence-corrected chi connectivity index (χ4v) is 4.81. The third-order valence-corrected chi connectivity index (χ3v) is 6.80. The molecule has 0 spiro atoms. The highest BCUT2D eigenvalue weighted by Gasteiger charge is 2.29. The van der Waals surface area contributed by atoms with Gasteiger partial charge in [0.15, 0.2) is 4.90 Å². The number of nitrogens with one attached hydrogen (secondary N) is 1. The Balaban J connectivity index is 1.31. The van der Waals surface area contributed by atoms with Crippen molar-refractivity contribution >= 4 is 15.9 Å². The number of carbonyl (C=O) groups is 1. The number of hydrogen-bond acceptors (Lipinski definition) is 5. The molecule has 1 fully saturated rings. The predicted molar refractivity (Wildman–Crippen MR) is 112 cm³/mol. The zero-order valence-electron chi connectivity index (χ0n) is 17.0. The summed E-state index contributed by atoms with van der Waals surface area (Å²) in [7, 11) is -4.41. The lowest BCUT2D eigenvalue weighted by atomic mass is 10.2. The molecule has 0 bridgehead atoms. The van der Waals surface area contributed by atoms with Gasteiger partial charge in [-0.05, 0) is 18.6 Å². The van der Waals surface area contributed by atoms with Gasteiger partial charge in [0.2, 0.25) is 15.9 Å². The van der Waals surface area contributed by atoms with E-state index in [0.717, 1.165) is 29.5 Å². The van der Waals surface area contributed by atoms with E-state index in [1.807, 2.05) is 36.5 Å². The Morgan fingerprint density at radius 3 is 2.53 bits per heavy atom. The van der Waals surface area contributed by atoms with E-state index in [-0.39, 0.29) is 24.9 Å². The molecule has 0 saturated carbocycles. The molecule has 0 aliphatic carbocycles. The Morgan fingerprint density at radius 2 is 1.81 bits per heavy atom. The van der Waals surface area contributed by atoms with Gasteiger partial charge in [-0.15, -0.1) is 5.10 Å². The molecule has 1 amide bonds. The molecule has 1 unspecified atom stereocenters. The Labute approximate surface area is 183 Å². The summed E-state index contributed by atoms with van der Waals surface area (Å²) in [5, 5.41) is 8.37. The lowest BCUT2D eigenvalue weighted by Crippen LogP contribution is -2.34. The van der Waals surface area contributed by atoms with E-state index >= 15 is 0 Å². The summed E-state index contributed by atoms with van der Waals surface area (Å²) in [5.74, 6) is -2.63. The second-order valence-electron chi connectivity index (χ2n) is 7.43. The van der Waals surface area contributed by atoms with Crippen LogP contribution in [0.2, 0.25) is 0 Å². The summed E-state index contributed by atoms with van der Waals surface area (Å²) in [6, 6.07) is 12.4. The van der Waals surface area contributed by atoms with E-state index in [9.17, 15) is 22.0 Å². The van der Waals surface area contributed by atoms with Crippen LogP contribution in [0.5, 0.6) is 0 Å². The fourth-order valence-electron chi connectivity index (χ4n) is 3.64. The van der Waals surface area contributed by atoms with Crippen molar-refractivity contribution in [1.82, 2.24) is 24.6 Å². The van der Waals surface area contributed by atoms with Crippen molar-refractivity contribution in [3.05, 3.63) is 66.4 Å². The van der Waals surface area contributed by atoms with Crippen LogP contribution in [0.1, 0.15) is 18.9 Å². The van der Waals surface area contributed by atoms with Crippen LogP contribution in [0.3, 0.4) is 0 Å². The first-order valence-electron chi connectivity index (χ1n) is 10.0. The molecule has 4 rings (SSSR count). The average Bonchev–Trinajstić information content (AvgIpc) is 3.44. The van der Waals surface area contributed by atoms with Crippen molar-refractivity contribution in [2.24, 2.45) is 0 Å². The summed E-state index contributed by atoms with van der Waals surface area (Å²) in [5.41, 5.74) is 1.69. The van der Waals surface area contributed by atoms with Crippen molar-refractivity contribution in [2.75, 3.05) is 19.6 Å². The van der Waals surface area contributed by atoms with Gasteiger partial charge in [-0.2, -0.15) is 0 Å². The third-order valence-electron chi connectivity index (χ3n) is 5.29. The van der Waals surface area contributed by atoms with Gasteiger partial charge in [-0.25, -0.2) is 26.6 Å². The molecule has 1 atom stereocenters. The molecule has 1 N–H and O–H groups in total. The highest BCUT2D eigenvalue weighted by molar-refractivity contribution is 7.89. The Morgan fingerprint density at radius 1 is 1.09 bits per heavy atom. The topological polar surface area (TPSA) is 97.2 Å². The van der Waals surface area contributed by atoms with E-state index in [2.05, 4.69) is 15.0 Å². The van der Waals surface area contributed by atoms with Crippen LogP contribution in [0, 0.1) is 11.6 Å². The van der Waals surface area contributed by atoms with Crippen molar-refractivity contribution in [3.63, 3.8) is 0 Å². The number of sulfonamides is 1. The maximum Gasteiger partial charge on any atom is 0.246 e. The van der Waals surface area contributed by atoms with Gasteiger partial charge in [0.05, 0.1) is 12.2 Å². The summed E-state index contributed by atoms with van der Waals surface area (Å²) in [6.07, 6.45) is 2.40. The van der Waals surface area contributed by atoms with Crippen molar-refractivity contribution in [2.45, 2.75) is 23.8 Å². The van der Waals surface area contributed by atoms with Crippen LogP contribution in [-0.4, -0.2) is 53.9 Å². The van der Waals surface area contributed by atoms with Crippen LogP contribution in [-0.2, 0) is 14.8 Å². The highest BCUT2D eigenvalue weighted by Crippen LogP contribution is 2.24. The second-order valence-corrected chi connectivity index (χ2v) is 9.13. The van der Waals surface area contributed by atoms with Gasteiger partial charge in [-0.3, -0.25) is 4.79 Å². The zero-order chi connectivity index (χ0) is 22.7. The molecular formula is C21H21F2N5O3S. The first-order chi connectivity index (χ1) is 15.3. The SMILES string of the molecule is O=C(CCNS(=O)(=O)c1c(F)cccc1F)N1CCC(n2cc(-c3ccccc3)nn2)C1. The lowest BCUT2D eigenvalue weighted by molar-refractivity contribution is -0.130. The molecule has 0 radical (unpaired) electrons. The quantitative estimate of drug-likeness (QED) is 0.583. The minimum atomic E-state index is -4.41. The Bertz CT molecular complexity index is 1200. The third kappa shape index (κ3) is 4.68. The van der Waals surface area contributed by atoms with Gasteiger partial charge in [0, 0.05) is 31.6 Å². The molecule has 8 nitrogen and oxygen atoms in total. The van der Waals surface area contributed by atoms with E-state index < -0.39 is 26.6 Å². The van der Waals surface area contributed by atoms with Crippen LogP contribution < -0.4 is 4.72 Å². The number of likely N-dealkylation sites (tertiary alicyclic amines) is 1. The van der Waals surface area contributed by atoms with E-state index in [4.69, 9.17) is 0 Å². The maximum absolute atomic E-state index is 13.7. The van der Waals surface area contributed by atoms with Gasteiger partial charge in [-0.1, -0.05) is 41.6 Å². The minimum absolute atomic E-state index is 0.0342. The number of halogens is 2. The second kappa shape index (κ2) is 9.13. The summed E-state index contributed by atoms with van der Waals surface area (Å²) in [4.78, 5) is 13.1. The number of nitrogens with zero attached hydrogens (tertiary/aromatic N) is 4. The minimum Gasteiger partial charge on any atom is -0.340 e. The Kier molecular flexibility index (Phi) is 6.28. The average molecular weight is 461 g/mol. The molecule has 3 aromatic rings. The predicted octanol–water partition coefficient (Wildman–Crippen LogP) is 2.37. The van der Waals surface area contributed by atoms with Crippen LogP contribution in [0.4, 0.5) is 8.78 Å². The van der Waals surface area contributed by atoms with E-state index in [1.165, 1.54) is 0 Å². The number of hydrogen-bond donors (Lipinski definition) is 1. The molecule has 1 aliphatic rings. The zero-order valence-corrected chi connectivity index (χ0v) is 17.8. The first kappa shape index (κ1) is 22.0. The highest BCUT2D eigenvalue weighted by atomic mass is 32.2. The number of amides is 1. The normalized spacial score (nSPS) is 16.4. The Hall–Kier alpha value is -3.18. The summed E-state index contributed by atoms with van der Waals surface area (Å²) < 4.78 is 55.7. The molecule has 11 heteroatoms. The number of carbonyl (C=O) groups excluding carboxylic acids is 1. The lowest BCUT2D eigenvalue weighted by Gasteiger charge is -2.17. The van der Waals surface area contributed by atoms with E-state index in [0.29, 0.717) is 19.5 Å². The molecule has 168 valence electrons. The molecule has 2 aromatic carbocycles. The first-order valence-corrected chi connectivity index (χ1v) is 11.5. The number of aromatic nitrogens is 3. The van der Waals surface area contributed by atoms with Gasteiger partial charge in [0.25, 0.3) is 0 Å². The molecule has 1 aliphatic heterocycles. The van der Waals surface area contributed by atoms with Crippen LogP contribution in [0.15, 0.2) is 59.6 Å². The fraction of sp³-hybridized carbons (Fsp3) is 0.286. The molecule has 32 heavy (non-hydrogen) atoms. The van der Waals surface area contributed by atoms with Crippen molar-refractivity contribution in [1.29, 1.82) is 0 Å². The smallest absolute Gasteiger partial charge is 0.246 e. The molecular weight excluding hydrogens is 440 g/mol. The van der Waals surface area contributed by atoms with Crippen LogP contribution in [0.25, 0.3) is 11.3 Å². The number of benzene rings is 2. The number of rotatable bonds is 7. The van der Waals surface area contributed by atoms with Gasteiger partial charge >= 0.3 is 0 Å². The summed E-state index contributed by atoms with van der Waals surface area (Å²) >= 11 is 0. The largest absolute Gasteiger partial charge is 0.340 e.